The van der Waals surface area contributed by atoms with Crippen LogP contribution in [0.5, 0.6) is 0 Å². The van der Waals surface area contributed by atoms with Crippen molar-refractivity contribution in [3.05, 3.63) is 24.0 Å². The van der Waals surface area contributed by atoms with E-state index >= 15 is 0 Å². The van der Waals surface area contributed by atoms with E-state index in [1.807, 2.05) is 0 Å². The average Bonchev–Trinajstić information content (AvgIpc) is 2.39. The molecular weight excluding hydrogens is 148 g/mol. The summed E-state index contributed by atoms with van der Waals surface area (Å²) in [6.07, 6.45) is 4.79. The summed E-state index contributed by atoms with van der Waals surface area (Å²) in [7, 11) is 0. The molecule has 0 fully saturated rings. The van der Waals surface area contributed by atoms with Gasteiger partial charge in [0.15, 0.2) is 6.79 Å². The topological polar surface area (TPSA) is 58.9 Å². The van der Waals surface area contributed by atoms with Gasteiger partial charge in [-0.05, 0) is 12.2 Å². The molecule has 11 heavy (non-hydrogen) atoms. The Labute approximate surface area is 64.4 Å². The van der Waals surface area contributed by atoms with Crippen LogP contribution in [0.15, 0.2) is 24.0 Å². The summed E-state index contributed by atoms with van der Waals surface area (Å²) < 4.78 is 9.62. The van der Waals surface area contributed by atoms with E-state index in [2.05, 4.69) is 0 Å². The molecule has 0 aliphatic heterocycles. The van der Waals surface area contributed by atoms with Crippen LogP contribution >= 0.6 is 0 Å². The van der Waals surface area contributed by atoms with E-state index in [-0.39, 0.29) is 19.7 Å². The Morgan fingerprint density at radius 3 is 2.82 bits per heavy atom. The van der Waals surface area contributed by atoms with Crippen molar-refractivity contribution in [1.82, 2.24) is 0 Å². The summed E-state index contributed by atoms with van der Waals surface area (Å²) in [6.45, 7) is -0.736. The van der Waals surface area contributed by atoms with E-state index in [4.69, 9.17) is 19.7 Å². The van der Waals surface area contributed by atoms with Crippen molar-refractivity contribution < 1.29 is 19.7 Å². The molecule has 0 radical (unpaired) electrons. The third-order valence-electron chi connectivity index (χ3n) is 1.31. The number of hydrogen-bond acceptors (Lipinski definition) is 4. The Morgan fingerprint density at radius 2 is 2.18 bits per heavy atom. The van der Waals surface area contributed by atoms with Crippen LogP contribution in [0.25, 0.3) is 0 Å². The van der Waals surface area contributed by atoms with Crippen LogP contribution in [0.1, 0.15) is 0 Å². The monoisotopic (exact) mass is 158 g/mol. The van der Waals surface area contributed by atoms with Gasteiger partial charge in [0.2, 0.25) is 0 Å². The van der Waals surface area contributed by atoms with Crippen LogP contribution in [-0.4, -0.2) is 29.9 Å². The summed E-state index contributed by atoms with van der Waals surface area (Å²) in [5, 5.41) is 16.8. The first-order valence-corrected chi connectivity index (χ1v) is 3.23. The van der Waals surface area contributed by atoms with E-state index in [9.17, 15) is 0 Å². The molecule has 4 nitrogen and oxygen atoms in total. The second kappa shape index (κ2) is 4.12. The molecule has 1 aliphatic carbocycles. The summed E-state index contributed by atoms with van der Waals surface area (Å²) >= 11 is 0. The van der Waals surface area contributed by atoms with Crippen LogP contribution in [0.4, 0.5) is 0 Å². The Morgan fingerprint density at radius 1 is 1.36 bits per heavy atom. The van der Waals surface area contributed by atoms with Gasteiger partial charge in [-0.25, -0.2) is 0 Å². The highest BCUT2D eigenvalue weighted by molar-refractivity contribution is 5.24. The van der Waals surface area contributed by atoms with Gasteiger partial charge < -0.3 is 19.7 Å². The van der Waals surface area contributed by atoms with Crippen molar-refractivity contribution in [2.45, 2.75) is 6.10 Å². The molecule has 0 bridgehead atoms. The standard InChI is InChI=1S/C7H10O4/c8-4-10-6-2-1-3-7(6)11-5-9/h1-3,6,8-9H,4-5H2. The highest BCUT2D eigenvalue weighted by Crippen LogP contribution is 2.15. The highest BCUT2D eigenvalue weighted by atomic mass is 16.6. The van der Waals surface area contributed by atoms with E-state index in [1.165, 1.54) is 0 Å². The maximum Gasteiger partial charge on any atom is 0.186 e. The first-order chi connectivity index (χ1) is 5.38. The van der Waals surface area contributed by atoms with Gasteiger partial charge in [0.25, 0.3) is 0 Å². The smallest absolute Gasteiger partial charge is 0.186 e. The van der Waals surface area contributed by atoms with Crippen molar-refractivity contribution in [2.24, 2.45) is 0 Å². The maximum absolute atomic E-state index is 8.41. The third kappa shape index (κ3) is 2.04. The molecule has 0 spiro atoms. The fraction of sp³-hybridized carbons (Fsp3) is 0.429. The zero-order chi connectivity index (χ0) is 8.10. The number of rotatable bonds is 4. The van der Waals surface area contributed by atoms with Gasteiger partial charge >= 0.3 is 0 Å². The number of hydrogen-bond donors (Lipinski definition) is 2. The summed E-state index contributed by atoms with van der Waals surface area (Å²) in [5.74, 6) is 0.515. The highest BCUT2D eigenvalue weighted by Gasteiger charge is 2.15. The molecule has 0 aromatic rings. The third-order valence-corrected chi connectivity index (χ3v) is 1.31. The van der Waals surface area contributed by atoms with Crippen LogP contribution in [0, 0.1) is 0 Å². The molecule has 62 valence electrons. The molecule has 4 heteroatoms. The van der Waals surface area contributed by atoms with Crippen molar-refractivity contribution in [2.75, 3.05) is 13.6 Å². The molecule has 0 aromatic carbocycles. The number of ether oxygens (including phenoxy) is 2. The fourth-order valence-electron chi connectivity index (χ4n) is 0.864. The van der Waals surface area contributed by atoms with Gasteiger partial charge in [-0.1, -0.05) is 6.08 Å². The van der Waals surface area contributed by atoms with Crippen molar-refractivity contribution in [1.29, 1.82) is 0 Å². The van der Waals surface area contributed by atoms with E-state index in [0.29, 0.717) is 5.76 Å². The van der Waals surface area contributed by atoms with Gasteiger partial charge in [-0.2, -0.15) is 0 Å². The number of aliphatic hydroxyl groups excluding tert-OH is 2. The Hall–Kier alpha value is -0.840. The minimum atomic E-state index is -0.376. The second-order valence-electron chi connectivity index (χ2n) is 1.94. The molecule has 1 atom stereocenters. The Balaban J connectivity index is 2.40. The first-order valence-electron chi connectivity index (χ1n) is 3.23. The lowest BCUT2D eigenvalue weighted by atomic mass is 10.3. The Kier molecular flexibility index (Phi) is 3.10. The average molecular weight is 158 g/mol. The predicted octanol–water partition coefficient (Wildman–Crippen LogP) is -0.259. The molecule has 1 rings (SSSR count). The maximum atomic E-state index is 8.41. The Bertz CT molecular complexity index is 173. The van der Waals surface area contributed by atoms with E-state index in [0.717, 1.165) is 0 Å². The molecular formula is C7H10O4. The molecule has 0 saturated heterocycles. The molecule has 0 amide bonds. The molecule has 0 heterocycles. The van der Waals surface area contributed by atoms with Gasteiger partial charge in [0.1, 0.15) is 18.7 Å². The number of aliphatic hydroxyl groups is 2. The molecule has 1 unspecified atom stereocenters. The quantitative estimate of drug-likeness (QED) is 0.553. The van der Waals surface area contributed by atoms with Gasteiger partial charge in [-0.15, -0.1) is 0 Å². The minimum Gasteiger partial charge on any atom is -0.469 e. The lowest BCUT2D eigenvalue weighted by molar-refractivity contribution is -0.0520. The zero-order valence-corrected chi connectivity index (χ0v) is 5.93. The van der Waals surface area contributed by atoms with Crippen LogP contribution in [0.2, 0.25) is 0 Å². The van der Waals surface area contributed by atoms with Crippen LogP contribution < -0.4 is 0 Å². The van der Waals surface area contributed by atoms with E-state index < -0.39 is 0 Å². The zero-order valence-electron chi connectivity index (χ0n) is 5.93. The van der Waals surface area contributed by atoms with Crippen LogP contribution in [-0.2, 0) is 9.47 Å². The molecule has 0 aromatic heterocycles. The van der Waals surface area contributed by atoms with Gasteiger partial charge in [0.05, 0.1) is 0 Å². The van der Waals surface area contributed by atoms with E-state index in [1.54, 1.807) is 18.2 Å². The predicted molar refractivity (Wildman–Crippen MR) is 37.4 cm³/mol. The lowest BCUT2D eigenvalue weighted by Crippen LogP contribution is -2.14. The number of allylic oxidation sites excluding steroid dienone is 2. The fourth-order valence-corrected chi connectivity index (χ4v) is 0.864. The van der Waals surface area contributed by atoms with Crippen molar-refractivity contribution >= 4 is 0 Å². The minimum absolute atomic E-state index is 0.354. The summed E-state index contributed by atoms with van der Waals surface area (Å²) in [5.41, 5.74) is 0. The van der Waals surface area contributed by atoms with Gasteiger partial charge in [-0.3, -0.25) is 0 Å². The normalized spacial score (nSPS) is 22.0. The van der Waals surface area contributed by atoms with Crippen molar-refractivity contribution in [3.63, 3.8) is 0 Å². The molecule has 1 aliphatic rings. The second-order valence-corrected chi connectivity index (χ2v) is 1.94. The lowest BCUT2D eigenvalue weighted by Gasteiger charge is -2.12. The molecule has 0 saturated carbocycles. The van der Waals surface area contributed by atoms with Crippen molar-refractivity contribution in [3.8, 4) is 0 Å². The first kappa shape index (κ1) is 8.26. The largest absolute Gasteiger partial charge is 0.469 e. The molecule has 2 N–H and O–H groups in total. The van der Waals surface area contributed by atoms with Crippen LogP contribution in [0.3, 0.4) is 0 Å². The summed E-state index contributed by atoms with van der Waals surface area (Å²) in [4.78, 5) is 0. The summed E-state index contributed by atoms with van der Waals surface area (Å²) in [6, 6.07) is 0. The SMILES string of the molecule is OCOC1=CC=CC1OCO. The van der Waals surface area contributed by atoms with Gasteiger partial charge in [0, 0.05) is 0 Å².